The van der Waals surface area contributed by atoms with E-state index >= 15 is 0 Å². The fourth-order valence-electron chi connectivity index (χ4n) is 0.669. The van der Waals surface area contributed by atoms with E-state index < -0.39 is 6.04 Å². The topological polar surface area (TPSA) is 52.3 Å². The Morgan fingerprint density at radius 2 is 2.08 bits per heavy atom. The average molecular weight is 173 g/mol. The number of hydrogen-bond donors (Lipinski definition) is 1. The van der Waals surface area contributed by atoms with Crippen LogP contribution < -0.4 is 5.73 Å². The maximum absolute atomic E-state index is 11.0. The second kappa shape index (κ2) is 6.00. The van der Waals surface area contributed by atoms with E-state index in [0.29, 0.717) is 18.9 Å². The molecule has 0 aromatic heterocycles. The van der Waals surface area contributed by atoms with E-state index in [2.05, 4.69) is 13.8 Å². The summed E-state index contributed by atoms with van der Waals surface area (Å²) in [5, 5.41) is 0. The van der Waals surface area contributed by atoms with Gasteiger partial charge in [-0.1, -0.05) is 20.8 Å². The summed E-state index contributed by atoms with van der Waals surface area (Å²) in [6, 6.07) is -0.447. The molecular formula is C9H19NO2. The van der Waals surface area contributed by atoms with Gasteiger partial charge in [-0.25, -0.2) is 0 Å². The van der Waals surface area contributed by atoms with Crippen LogP contribution >= 0.6 is 0 Å². The van der Waals surface area contributed by atoms with Gasteiger partial charge in [-0.2, -0.15) is 0 Å². The molecule has 1 atom stereocenters. The van der Waals surface area contributed by atoms with Gasteiger partial charge in [0, 0.05) is 0 Å². The van der Waals surface area contributed by atoms with Gasteiger partial charge in [-0.3, -0.25) is 4.79 Å². The summed E-state index contributed by atoms with van der Waals surface area (Å²) in [6.45, 7) is 6.54. The Bertz CT molecular complexity index is 134. The molecule has 0 saturated carbocycles. The molecule has 0 bridgehead atoms. The van der Waals surface area contributed by atoms with Crippen molar-refractivity contribution in [1.29, 1.82) is 0 Å². The molecule has 0 spiro atoms. The van der Waals surface area contributed by atoms with Gasteiger partial charge in [-0.15, -0.1) is 0 Å². The lowest BCUT2D eigenvalue weighted by atomic mass is 10.1. The zero-order chi connectivity index (χ0) is 9.56. The van der Waals surface area contributed by atoms with Crippen LogP contribution in [0, 0.1) is 5.92 Å². The van der Waals surface area contributed by atoms with E-state index in [1.54, 1.807) is 0 Å². The summed E-state index contributed by atoms with van der Waals surface area (Å²) >= 11 is 0. The molecule has 0 aromatic carbocycles. The summed E-state index contributed by atoms with van der Waals surface area (Å²) in [4.78, 5) is 11.0. The number of hydrogen-bond acceptors (Lipinski definition) is 3. The van der Waals surface area contributed by atoms with Gasteiger partial charge in [0.2, 0.25) is 0 Å². The zero-order valence-corrected chi connectivity index (χ0v) is 8.17. The van der Waals surface area contributed by atoms with Crippen LogP contribution in [0.2, 0.25) is 0 Å². The summed E-state index contributed by atoms with van der Waals surface area (Å²) < 4.78 is 4.94. The minimum Gasteiger partial charge on any atom is -0.465 e. The van der Waals surface area contributed by atoms with Crippen LogP contribution in [-0.2, 0) is 9.53 Å². The third kappa shape index (κ3) is 5.13. The van der Waals surface area contributed by atoms with Crippen LogP contribution in [-0.4, -0.2) is 18.6 Å². The fourth-order valence-corrected chi connectivity index (χ4v) is 0.669. The molecule has 0 aliphatic rings. The van der Waals surface area contributed by atoms with Crippen LogP contribution in [0.1, 0.15) is 33.6 Å². The Kier molecular flexibility index (Phi) is 5.72. The van der Waals surface area contributed by atoms with Gasteiger partial charge < -0.3 is 10.5 Å². The van der Waals surface area contributed by atoms with Crippen LogP contribution in [0.5, 0.6) is 0 Å². The van der Waals surface area contributed by atoms with Crippen LogP contribution in [0.3, 0.4) is 0 Å². The first-order chi connectivity index (χ1) is 5.57. The highest BCUT2D eigenvalue weighted by atomic mass is 16.5. The van der Waals surface area contributed by atoms with E-state index in [1.807, 2.05) is 6.92 Å². The van der Waals surface area contributed by atoms with E-state index in [4.69, 9.17) is 10.5 Å². The first-order valence-electron chi connectivity index (χ1n) is 4.50. The minimum absolute atomic E-state index is 0.279. The van der Waals surface area contributed by atoms with Crippen LogP contribution in [0.15, 0.2) is 0 Å². The highest BCUT2D eigenvalue weighted by molar-refractivity contribution is 5.75. The van der Waals surface area contributed by atoms with Crippen molar-refractivity contribution in [3.8, 4) is 0 Å². The Morgan fingerprint density at radius 3 is 2.50 bits per heavy atom. The Labute approximate surface area is 74.3 Å². The Hall–Kier alpha value is -0.570. The number of ether oxygens (including phenoxy) is 1. The van der Waals surface area contributed by atoms with Crippen LogP contribution in [0.25, 0.3) is 0 Å². The van der Waals surface area contributed by atoms with Crippen LogP contribution in [0.4, 0.5) is 0 Å². The number of esters is 1. The third-order valence-electron chi connectivity index (χ3n) is 1.68. The number of carbonyl (C=O) groups is 1. The van der Waals surface area contributed by atoms with Gasteiger partial charge >= 0.3 is 5.97 Å². The van der Waals surface area contributed by atoms with E-state index in [0.717, 1.165) is 6.42 Å². The summed E-state index contributed by atoms with van der Waals surface area (Å²) in [5.41, 5.74) is 5.46. The van der Waals surface area contributed by atoms with Crippen molar-refractivity contribution in [2.45, 2.75) is 39.7 Å². The molecule has 0 amide bonds. The Balaban J connectivity index is 3.44. The lowest BCUT2D eigenvalue weighted by Crippen LogP contribution is -2.31. The maximum atomic E-state index is 11.0. The lowest BCUT2D eigenvalue weighted by Gasteiger charge is -2.09. The molecule has 0 heterocycles. The fraction of sp³-hybridized carbons (Fsp3) is 0.889. The maximum Gasteiger partial charge on any atom is 0.322 e. The van der Waals surface area contributed by atoms with Crippen molar-refractivity contribution in [1.82, 2.24) is 0 Å². The van der Waals surface area contributed by atoms with Crippen molar-refractivity contribution in [3.63, 3.8) is 0 Å². The van der Waals surface area contributed by atoms with E-state index in [-0.39, 0.29) is 5.97 Å². The van der Waals surface area contributed by atoms with Gasteiger partial charge in [0.15, 0.2) is 0 Å². The van der Waals surface area contributed by atoms with Crippen molar-refractivity contribution >= 4 is 5.97 Å². The molecule has 0 radical (unpaired) electrons. The molecule has 0 aliphatic heterocycles. The van der Waals surface area contributed by atoms with Gasteiger partial charge in [0.25, 0.3) is 0 Å². The normalized spacial score (nSPS) is 13.1. The minimum atomic E-state index is -0.447. The highest BCUT2D eigenvalue weighted by Crippen LogP contribution is 2.00. The van der Waals surface area contributed by atoms with Crippen molar-refractivity contribution in [3.05, 3.63) is 0 Å². The molecule has 0 unspecified atom stereocenters. The number of nitrogens with two attached hydrogens (primary N) is 1. The predicted octanol–water partition coefficient (Wildman–Crippen LogP) is 1.31. The molecule has 0 fully saturated rings. The largest absolute Gasteiger partial charge is 0.465 e. The first kappa shape index (κ1) is 11.4. The predicted molar refractivity (Wildman–Crippen MR) is 48.7 cm³/mol. The number of carbonyl (C=O) groups excluding carboxylic acids is 1. The van der Waals surface area contributed by atoms with Crippen molar-refractivity contribution in [2.75, 3.05) is 6.61 Å². The van der Waals surface area contributed by atoms with Crippen molar-refractivity contribution in [2.24, 2.45) is 11.7 Å². The Morgan fingerprint density at radius 1 is 1.50 bits per heavy atom. The highest BCUT2D eigenvalue weighted by Gasteiger charge is 2.11. The molecule has 3 nitrogen and oxygen atoms in total. The second-order valence-corrected chi connectivity index (χ2v) is 3.36. The molecule has 2 N–H and O–H groups in total. The summed E-state index contributed by atoms with van der Waals surface area (Å²) in [7, 11) is 0. The second-order valence-electron chi connectivity index (χ2n) is 3.36. The molecule has 72 valence electrons. The van der Waals surface area contributed by atoms with Gasteiger partial charge in [-0.05, 0) is 18.8 Å². The number of rotatable bonds is 5. The molecule has 0 aliphatic carbocycles. The molecule has 12 heavy (non-hydrogen) atoms. The summed E-state index contributed by atoms with van der Waals surface area (Å²) in [6.07, 6.45) is 1.54. The monoisotopic (exact) mass is 173 g/mol. The van der Waals surface area contributed by atoms with E-state index in [9.17, 15) is 4.79 Å². The van der Waals surface area contributed by atoms with Gasteiger partial charge in [0.05, 0.1) is 6.61 Å². The third-order valence-corrected chi connectivity index (χ3v) is 1.68. The summed E-state index contributed by atoms with van der Waals surface area (Å²) in [5.74, 6) is 0.286. The van der Waals surface area contributed by atoms with Gasteiger partial charge in [0.1, 0.15) is 6.04 Å². The molecule has 3 heteroatoms. The molecule has 0 aromatic rings. The standard InChI is InChI=1S/C9H19NO2/c1-4-8(10)9(11)12-6-5-7(2)3/h7-8H,4-6,10H2,1-3H3/t8-/m0/s1. The molecule has 0 rings (SSSR count). The average Bonchev–Trinajstić information content (AvgIpc) is 2.02. The quantitative estimate of drug-likeness (QED) is 0.638. The van der Waals surface area contributed by atoms with E-state index in [1.165, 1.54) is 0 Å². The SMILES string of the molecule is CC[C@H](N)C(=O)OCCC(C)C. The zero-order valence-electron chi connectivity index (χ0n) is 8.17. The molecular weight excluding hydrogens is 154 g/mol. The molecule has 0 saturated heterocycles. The smallest absolute Gasteiger partial charge is 0.322 e. The lowest BCUT2D eigenvalue weighted by molar-refractivity contribution is -0.145. The first-order valence-corrected chi connectivity index (χ1v) is 4.50. The van der Waals surface area contributed by atoms with Crippen molar-refractivity contribution < 1.29 is 9.53 Å².